The lowest BCUT2D eigenvalue weighted by Gasteiger charge is -2.13. The fourth-order valence-electron chi connectivity index (χ4n) is 1.81. The minimum absolute atomic E-state index is 0.314. The van der Waals surface area contributed by atoms with Crippen LogP contribution < -0.4 is 15.8 Å². The van der Waals surface area contributed by atoms with Gasteiger partial charge in [-0.1, -0.05) is 29.8 Å². The van der Waals surface area contributed by atoms with Gasteiger partial charge in [-0.3, -0.25) is 4.79 Å². The van der Waals surface area contributed by atoms with Crippen molar-refractivity contribution in [1.29, 1.82) is 0 Å². The Hall–Kier alpha value is -2.20. The molecule has 0 spiro atoms. The summed E-state index contributed by atoms with van der Waals surface area (Å²) < 4.78 is 5.43. The van der Waals surface area contributed by atoms with Gasteiger partial charge in [-0.15, -0.1) is 0 Å². The van der Waals surface area contributed by atoms with Crippen LogP contribution in [0.5, 0.6) is 5.75 Å². The first-order chi connectivity index (χ1) is 9.63. The summed E-state index contributed by atoms with van der Waals surface area (Å²) in [5.74, 6) is 0.108. The summed E-state index contributed by atoms with van der Waals surface area (Å²) in [4.78, 5) is 12.4. The molecule has 2 rings (SSSR count). The number of nitrogens with one attached hydrogen (secondary N) is 1. The van der Waals surface area contributed by atoms with Crippen LogP contribution in [0.25, 0.3) is 0 Å². The van der Waals surface area contributed by atoms with Crippen molar-refractivity contribution >= 4 is 28.9 Å². The van der Waals surface area contributed by atoms with Gasteiger partial charge in [0.05, 0.1) is 17.3 Å². The van der Waals surface area contributed by atoms with E-state index >= 15 is 0 Å². The molecule has 20 heavy (non-hydrogen) atoms. The Kier molecular flexibility index (Phi) is 4.48. The van der Waals surface area contributed by atoms with Gasteiger partial charge in [0.1, 0.15) is 11.3 Å². The highest BCUT2D eigenvalue weighted by Crippen LogP contribution is 2.27. The Morgan fingerprint density at radius 3 is 2.70 bits per heavy atom. The fraction of sp³-hybridized carbons (Fsp3) is 0.133. The quantitative estimate of drug-likeness (QED) is 0.846. The molecule has 2 aromatic rings. The van der Waals surface area contributed by atoms with Crippen molar-refractivity contribution in [2.24, 2.45) is 0 Å². The molecule has 0 radical (unpaired) electrons. The molecule has 104 valence electrons. The van der Waals surface area contributed by atoms with Crippen molar-refractivity contribution in [3.8, 4) is 5.75 Å². The van der Waals surface area contributed by atoms with Crippen LogP contribution in [0.2, 0.25) is 5.02 Å². The molecule has 0 unspecified atom stereocenters. The minimum atomic E-state index is -0.348. The number of carbonyl (C=O) groups excluding carboxylic acids is 1. The van der Waals surface area contributed by atoms with E-state index in [0.29, 0.717) is 34.3 Å². The van der Waals surface area contributed by atoms with Crippen LogP contribution in [-0.4, -0.2) is 12.5 Å². The number of hydrogen-bond acceptors (Lipinski definition) is 3. The normalized spacial score (nSPS) is 10.1. The maximum absolute atomic E-state index is 12.4. The molecule has 0 aromatic heterocycles. The number of halogens is 1. The van der Waals surface area contributed by atoms with E-state index in [1.807, 2.05) is 6.92 Å². The van der Waals surface area contributed by atoms with Crippen LogP contribution in [-0.2, 0) is 0 Å². The maximum atomic E-state index is 12.4. The smallest absolute Gasteiger partial charge is 0.261 e. The molecule has 0 aliphatic carbocycles. The lowest BCUT2D eigenvalue weighted by Crippen LogP contribution is -2.16. The number of ether oxygens (including phenoxy) is 1. The van der Waals surface area contributed by atoms with Gasteiger partial charge < -0.3 is 15.8 Å². The Labute approximate surface area is 122 Å². The molecule has 5 heteroatoms. The van der Waals surface area contributed by atoms with Crippen LogP contribution in [0.15, 0.2) is 42.5 Å². The number of hydrogen-bond donors (Lipinski definition) is 2. The summed E-state index contributed by atoms with van der Waals surface area (Å²) in [6.45, 7) is 2.30. The van der Waals surface area contributed by atoms with Crippen molar-refractivity contribution in [3.05, 3.63) is 53.1 Å². The average molecular weight is 291 g/mol. The van der Waals surface area contributed by atoms with Gasteiger partial charge in [-0.05, 0) is 31.2 Å². The van der Waals surface area contributed by atoms with E-state index in [-0.39, 0.29) is 5.91 Å². The van der Waals surface area contributed by atoms with Gasteiger partial charge >= 0.3 is 0 Å². The van der Waals surface area contributed by atoms with Crippen molar-refractivity contribution in [2.45, 2.75) is 6.92 Å². The van der Waals surface area contributed by atoms with Gasteiger partial charge in [-0.25, -0.2) is 0 Å². The number of rotatable bonds is 4. The first-order valence-electron chi connectivity index (χ1n) is 6.20. The lowest BCUT2D eigenvalue weighted by atomic mass is 10.1. The third-order valence-electron chi connectivity index (χ3n) is 2.71. The molecule has 0 fully saturated rings. The number of anilines is 2. The molecule has 0 aliphatic rings. The summed E-state index contributed by atoms with van der Waals surface area (Å²) >= 11 is 6.02. The highest BCUT2D eigenvalue weighted by atomic mass is 35.5. The number of benzene rings is 2. The Morgan fingerprint density at radius 2 is 2.00 bits per heavy atom. The van der Waals surface area contributed by atoms with Crippen molar-refractivity contribution in [3.63, 3.8) is 0 Å². The van der Waals surface area contributed by atoms with Crippen LogP contribution in [0.3, 0.4) is 0 Å². The number of carbonyl (C=O) groups is 1. The Bertz CT molecular complexity index is 629. The van der Waals surface area contributed by atoms with E-state index in [9.17, 15) is 4.79 Å². The zero-order valence-corrected chi connectivity index (χ0v) is 11.8. The molecule has 0 bridgehead atoms. The predicted molar refractivity (Wildman–Crippen MR) is 81.4 cm³/mol. The van der Waals surface area contributed by atoms with Crippen LogP contribution in [0.4, 0.5) is 11.4 Å². The third kappa shape index (κ3) is 3.03. The van der Waals surface area contributed by atoms with Crippen molar-refractivity contribution < 1.29 is 9.53 Å². The largest absolute Gasteiger partial charge is 0.493 e. The van der Waals surface area contributed by atoms with E-state index in [1.165, 1.54) is 0 Å². The molecule has 0 aliphatic heterocycles. The Balaban J connectivity index is 2.32. The molecule has 0 atom stereocenters. The highest BCUT2D eigenvalue weighted by Gasteiger charge is 2.17. The summed E-state index contributed by atoms with van der Waals surface area (Å²) in [5, 5.41) is 3.20. The molecule has 0 saturated heterocycles. The van der Waals surface area contributed by atoms with Gasteiger partial charge in [-0.2, -0.15) is 0 Å². The molecular formula is C15H15ClN2O2. The van der Waals surface area contributed by atoms with Crippen LogP contribution >= 0.6 is 11.6 Å². The molecule has 0 heterocycles. The first-order valence-corrected chi connectivity index (χ1v) is 6.58. The van der Waals surface area contributed by atoms with E-state index in [1.54, 1.807) is 42.5 Å². The zero-order valence-electron chi connectivity index (χ0n) is 11.0. The number of nitrogen functional groups attached to an aromatic ring is 1. The number of amides is 1. The highest BCUT2D eigenvalue weighted by molar-refractivity contribution is 6.34. The fourth-order valence-corrected chi connectivity index (χ4v) is 2.00. The Morgan fingerprint density at radius 1 is 1.25 bits per heavy atom. The average Bonchev–Trinajstić information content (AvgIpc) is 2.42. The molecule has 1 amide bonds. The molecule has 2 aromatic carbocycles. The van der Waals surface area contributed by atoms with E-state index in [4.69, 9.17) is 22.1 Å². The summed E-state index contributed by atoms with van der Waals surface area (Å²) in [5.41, 5.74) is 7.08. The lowest BCUT2D eigenvalue weighted by molar-refractivity contribution is 0.102. The second kappa shape index (κ2) is 6.30. The van der Waals surface area contributed by atoms with Crippen molar-refractivity contribution in [1.82, 2.24) is 0 Å². The molecule has 0 saturated carbocycles. The van der Waals surface area contributed by atoms with Crippen LogP contribution in [0.1, 0.15) is 17.3 Å². The monoisotopic (exact) mass is 290 g/mol. The molecule has 4 nitrogen and oxygen atoms in total. The predicted octanol–water partition coefficient (Wildman–Crippen LogP) is 3.57. The molecular weight excluding hydrogens is 276 g/mol. The maximum Gasteiger partial charge on any atom is 0.261 e. The second-order valence-corrected chi connectivity index (χ2v) is 4.49. The van der Waals surface area contributed by atoms with Crippen molar-refractivity contribution in [2.75, 3.05) is 17.7 Å². The topological polar surface area (TPSA) is 64.3 Å². The third-order valence-corrected chi connectivity index (χ3v) is 3.04. The second-order valence-electron chi connectivity index (χ2n) is 4.09. The summed E-state index contributed by atoms with van der Waals surface area (Å²) in [7, 11) is 0. The molecule has 3 N–H and O–H groups in total. The van der Waals surface area contributed by atoms with Gasteiger partial charge in [0.2, 0.25) is 0 Å². The van der Waals surface area contributed by atoms with Gasteiger partial charge in [0.15, 0.2) is 0 Å². The first kappa shape index (κ1) is 14.2. The van der Waals surface area contributed by atoms with Gasteiger partial charge in [0, 0.05) is 5.69 Å². The summed E-state index contributed by atoms with van der Waals surface area (Å²) in [6.07, 6.45) is 0. The van der Waals surface area contributed by atoms with E-state index in [0.717, 1.165) is 0 Å². The number of nitrogens with two attached hydrogens (primary N) is 1. The van der Waals surface area contributed by atoms with E-state index < -0.39 is 0 Å². The zero-order chi connectivity index (χ0) is 14.5. The van der Waals surface area contributed by atoms with E-state index in [2.05, 4.69) is 5.32 Å². The summed E-state index contributed by atoms with van der Waals surface area (Å²) in [6, 6.07) is 12.1. The van der Waals surface area contributed by atoms with Gasteiger partial charge in [0.25, 0.3) is 5.91 Å². The van der Waals surface area contributed by atoms with Crippen LogP contribution in [0, 0.1) is 0 Å². The standard InChI is InChI=1S/C15H15ClN2O2/c1-2-20-13-9-5-7-11(17)14(13)15(19)18-12-8-4-3-6-10(12)16/h3-9H,2,17H2,1H3,(H,18,19). The number of para-hydroxylation sites is 1. The SMILES string of the molecule is CCOc1cccc(N)c1C(=O)Nc1ccccc1Cl. The minimum Gasteiger partial charge on any atom is -0.493 e.